The number of aliphatic hydroxyl groups excluding tert-OH is 2. The number of carbonyl (C=O) groups excluding carboxylic acids is 2. The van der Waals surface area contributed by atoms with Gasteiger partial charge in [0.15, 0.2) is 0 Å². The number of nitrogens with one attached hydrogen (secondary N) is 1. The second-order valence-electron chi connectivity index (χ2n) is 11.1. The molecule has 0 fully saturated rings. The van der Waals surface area contributed by atoms with Gasteiger partial charge in [-0.3, -0.25) is 24.4 Å². The Balaban J connectivity index is -0.000000767. The van der Waals surface area contributed by atoms with Gasteiger partial charge < -0.3 is 35.6 Å². The fourth-order valence-corrected chi connectivity index (χ4v) is 4.24. The molecule has 0 rings (SSSR count). The number of nitrogens with zero attached hydrogens (tertiary/aromatic N) is 3. The summed E-state index contributed by atoms with van der Waals surface area (Å²) < 4.78 is 0. The molecule has 0 spiro atoms. The van der Waals surface area contributed by atoms with Gasteiger partial charge in [0.25, 0.3) is 0 Å². The fraction of sp³-hybridized carbons (Fsp3) is 0.875. The van der Waals surface area contributed by atoms with Crippen molar-refractivity contribution < 1.29 is 39.9 Å². The van der Waals surface area contributed by atoms with Crippen LogP contribution in [0.1, 0.15) is 129 Å². The standard InChI is InChI=1S/2C16H32N2O4.Ca/c2*1-2-3-4-5-6-9-15(20)17-14-18(11-7-8-13-19)12-10-16(21)22;/h2*19H,2-14H2,1H3,(H,17,20)(H,21,22);/q;;+2/p-2. The van der Waals surface area contributed by atoms with Gasteiger partial charge in [-0.2, -0.15) is 0 Å². The van der Waals surface area contributed by atoms with Gasteiger partial charge in [0, 0.05) is 38.7 Å². The van der Waals surface area contributed by atoms with E-state index in [4.69, 9.17) is 15.3 Å². The maximum absolute atomic E-state index is 11.8. The van der Waals surface area contributed by atoms with E-state index in [9.17, 15) is 24.6 Å². The number of hydrogen-bond acceptors (Lipinski definition) is 10. The van der Waals surface area contributed by atoms with Gasteiger partial charge in [0.05, 0.1) is 19.8 Å². The number of aliphatic hydroxyl groups is 2. The van der Waals surface area contributed by atoms with Crippen molar-refractivity contribution in [3.8, 4) is 0 Å². The van der Waals surface area contributed by atoms with Crippen LogP contribution in [0.2, 0.25) is 0 Å². The molecule has 12 nitrogen and oxygen atoms in total. The van der Waals surface area contributed by atoms with Crippen molar-refractivity contribution in [1.82, 2.24) is 15.1 Å². The molecule has 0 saturated heterocycles. The largest absolute Gasteiger partial charge is 2.00 e. The summed E-state index contributed by atoms with van der Waals surface area (Å²) in [6.07, 6.45) is 14.9. The first kappa shape index (κ1) is 48.4. The van der Waals surface area contributed by atoms with E-state index in [0.717, 1.165) is 44.9 Å². The Morgan fingerprint density at radius 3 is 1.67 bits per heavy atom. The first-order valence-electron chi connectivity index (χ1n) is 16.7. The molecule has 13 heteroatoms. The fourth-order valence-electron chi connectivity index (χ4n) is 4.24. The number of hydrogen-bond donors (Lipinski definition) is 4. The molecule has 0 unspecified atom stereocenters. The summed E-state index contributed by atoms with van der Waals surface area (Å²) in [7, 11) is 0. The van der Waals surface area contributed by atoms with Crippen molar-refractivity contribution in [3.63, 3.8) is 0 Å². The minimum Gasteiger partial charge on any atom is -0.862 e. The minimum absolute atomic E-state index is 0. The number of carbonyl (C=O) groups is 3. The summed E-state index contributed by atoms with van der Waals surface area (Å²) in [5, 5.41) is 51.4. The number of aliphatic imine (C=N–C) groups is 1. The van der Waals surface area contributed by atoms with E-state index in [1.165, 1.54) is 32.1 Å². The van der Waals surface area contributed by atoms with Gasteiger partial charge in [0.1, 0.15) is 0 Å². The predicted octanol–water partition coefficient (Wildman–Crippen LogP) is 1.87. The molecule has 0 aliphatic rings. The smallest absolute Gasteiger partial charge is 0.862 e. The third kappa shape index (κ3) is 39.1. The van der Waals surface area contributed by atoms with Crippen molar-refractivity contribution in [2.45, 2.75) is 129 Å². The quantitative estimate of drug-likeness (QED) is 0.0289. The van der Waals surface area contributed by atoms with Crippen LogP contribution in [0.25, 0.3) is 0 Å². The zero-order valence-corrected chi connectivity index (χ0v) is 30.5. The van der Waals surface area contributed by atoms with Crippen molar-refractivity contribution in [1.29, 1.82) is 0 Å². The van der Waals surface area contributed by atoms with Crippen LogP contribution in [0.5, 0.6) is 0 Å². The van der Waals surface area contributed by atoms with E-state index < -0.39 is 11.9 Å². The average Bonchev–Trinajstić information content (AvgIpc) is 2.99. The minimum atomic E-state index is -1.10. The summed E-state index contributed by atoms with van der Waals surface area (Å²) in [6.45, 7) is 7.22. The molecule has 0 radical (unpaired) electrons. The Kier molecular flexibility index (Phi) is 40.2. The van der Waals surface area contributed by atoms with Crippen LogP contribution in [-0.2, 0) is 14.4 Å². The number of unbranched alkanes of at least 4 members (excludes halogenated alkanes) is 10. The predicted molar refractivity (Wildman–Crippen MR) is 175 cm³/mol. The van der Waals surface area contributed by atoms with Crippen molar-refractivity contribution in [3.05, 3.63) is 0 Å². The molecule has 0 saturated carbocycles. The Labute approximate surface area is 302 Å². The second kappa shape index (κ2) is 37.4. The topological polar surface area (TPSA) is 189 Å². The summed E-state index contributed by atoms with van der Waals surface area (Å²) >= 11 is 0. The molecule has 0 bridgehead atoms. The van der Waals surface area contributed by atoms with E-state index in [0.29, 0.717) is 58.5 Å². The molecule has 0 aliphatic carbocycles. The molecule has 4 N–H and O–H groups in total. The van der Waals surface area contributed by atoms with Gasteiger partial charge in [-0.25, -0.2) is 0 Å². The Morgan fingerprint density at radius 1 is 0.644 bits per heavy atom. The molecule has 260 valence electrons. The third-order valence-electron chi connectivity index (χ3n) is 6.99. The van der Waals surface area contributed by atoms with E-state index >= 15 is 0 Å². The number of amides is 1. The Hall–Kier alpha value is -1.02. The van der Waals surface area contributed by atoms with E-state index in [-0.39, 0.29) is 82.3 Å². The molecule has 0 atom stereocenters. The Morgan fingerprint density at radius 2 is 1.16 bits per heavy atom. The number of rotatable bonds is 30. The van der Waals surface area contributed by atoms with Crippen LogP contribution in [0.4, 0.5) is 0 Å². The first-order chi connectivity index (χ1) is 21.2. The van der Waals surface area contributed by atoms with Gasteiger partial charge in [0.2, 0.25) is 5.91 Å². The van der Waals surface area contributed by atoms with E-state index in [1.54, 1.807) is 0 Å². The van der Waals surface area contributed by atoms with Gasteiger partial charge in [-0.05, 0) is 70.4 Å². The molecule has 0 heterocycles. The second-order valence-corrected chi connectivity index (χ2v) is 11.1. The van der Waals surface area contributed by atoms with Crippen LogP contribution in [0.3, 0.4) is 0 Å². The third-order valence-corrected chi connectivity index (χ3v) is 6.99. The summed E-state index contributed by atoms with van der Waals surface area (Å²) in [5.74, 6) is -2.03. The van der Waals surface area contributed by atoms with Crippen LogP contribution in [0, 0.1) is 0 Å². The number of aliphatic carboxylic acids is 2. The molecule has 1 amide bonds. The van der Waals surface area contributed by atoms with Crippen molar-refractivity contribution in [2.24, 2.45) is 4.99 Å². The molecular weight excluding hydrogens is 608 g/mol. The molecular formula is C32H62CaN4O8. The molecule has 45 heavy (non-hydrogen) atoms. The number of carboxylic acid groups (broad SMARTS) is 2. The Bertz CT molecular complexity index is 731. The zero-order valence-electron chi connectivity index (χ0n) is 28.3. The van der Waals surface area contributed by atoms with Gasteiger partial charge in [-0.1, -0.05) is 65.2 Å². The van der Waals surface area contributed by atoms with E-state index in [2.05, 4.69) is 24.2 Å². The van der Waals surface area contributed by atoms with E-state index in [1.807, 2.05) is 9.80 Å². The maximum Gasteiger partial charge on any atom is 2.00 e. The van der Waals surface area contributed by atoms with Crippen LogP contribution < -0.4 is 15.5 Å². The van der Waals surface area contributed by atoms with Gasteiger partial charge in [-0.15, -0.1) is 0 Å². The summed E-state index contributed by atoms with van der Waals surface area (Å²) in [4.78, 5) is 40.7. The maximum atomic E-state index is 11.8. The van der Waals surface area contributed by atoms with Crippen molar-refractivity contribution in [2.75, 3.05) is 52.7 Å². The monoisotopic (exact) mass is 670 g/mol. The van der Waals surface area contributed by atoms with Crippen LogP contribution in [0.15, 0.2) is 4.99 Å². The normalized spacial score (nSPS) is 11.2. The SMILES string of the molecule is CCCCCCCC(=O)NCN(CCCCO)CCC(=O)O.CCCCCCCC([O-])=NCN(CCCCO)CCC(=O)[O-].[Ca+2]. The van der Waals surface area contributed by atoms with Crippen molar-refractivity contribution >= 4 is 61.5 Å². The van der Waals surface area contributed by atoms with Crippen LogP contribution >= 0.6 is 0 Å². The first-order valence-corrected chi connectivity index (χ1v) is 16.7. The molecule has 0 aromatic heterocycles. The average molecular weight is 671 g/mol. The molecule has 0 aromatic rings. The molecule has 0 aliphatic heterocycles. The van der Waals surface area contributed by atoms with Gasteiger partial charge >= 0.3 is 43.7 Å². The van der Waals surface area contributed by atoms with Crippen LogP contribution in [-0.4, -0.2) is 139 Å². The zero-order chi connectivity index (χ0) is 33.3. The summed E-state index contributed by atoms with van der Waals surface area (Å²) in [5.41, 5.74) is 0. The summed E-state index contributed by atoms with van der Waals surface area (Å²) in [6, 6.07) is 0. The number of carboxylic acids is 2. The molecule has 0 aromatic carbocycles.